The molecule has 216 valence electrons. The van der Waals surface area contributed by atoms with Crippen LogP contribution in [0.1, 0.15) is 76.6 Å². The quantitative estimate of drug-likeness (QED) is 0.183. The van der Waals surface area contributed by atoms with E-state index in [9.17, 15) is 0 Å². The molecule has 3 heteroatoms. The summed E-state index contributed by atoms with van der Waals surface area (Å²) in [5, 5.41) is 0. The van der Waals surface area contributed by atoms with Crippen molar-refractivity contribution in [1.29, 1.82) is 0 Å². The van der Waals surface area contributed by atoms with Crippen LogP contribution in [0.2, 0.25) is 0 Å². The molecular formula is C41H38BNO. The van der Waals surface area contributed by atoms with E-state index in [0.29, 0.717) is 0 Å². The number of hydrogen-bond donors (Lipinski definition) is 0. The number of ether oxygens (including phenoxy) is 1. The van der Waals surface area contributed by atoms with E-state index in [4.69, 9.17) is 4.74 Å². The maximum absolute atomic E-state index is 7.11. The summed E-state index contributed by atoms with van der Waals surface area (Å²) in [6.45, 7) is 14.6. The first-order chi connectivity index (χ1) is 21.1. The number of rotatable bonds is 1. The Hall–Kier alpha value is -4.24. The fraction of sp³-hybridized carbons (Fsp3) is 0.268. The van der Waals surface area contributed by atoms with Gasteiger partial charge in [-0.25, -0.2) is 0 Å². The molecule has 0 saturated heterocycles. The van der Waals surface area contributed by atoms with E-state index in [1.807, 2.05) is 0 Å². The minimum atomic E-state index is -0.145. The van der Waals surface area contributed by atoms with E-state index in [-0.39, 0.29) is 23.0 Å². The first kappa shape index (κ1) is 26.2. The Morgan fingerprint density at radius 1 is 0.614 bits per heavy atom. The van der Waals surface area contributed by atoms with Crippen LogP contribution < -0.4 is 26.0 Å². The lowest BCUT2D eigenvalue weighted by Gasteiger charge is -2.49. The lowest BCUT2D eigenvalue weighted by atomic mass is 9.30. The molecule has 0 unspecified atom stereocenters. The van der Waals surface area contributed by atoms with Gasteiger partial charge in [0.2, 0.25) is 6.71 Å². The van der Waals surface area contributed by atoms with E-state index >= 15 is 0 Å². The highest BCUT2D eigenvalue weighted by atomic mass is 16.5. The van der Waals surface area contributed by atoms with Gasteiger partial charge in [0, 0.05) is 16.7 Å². The van der Waals surface area contributed by atoms with Crippen molar-refractivity contribution in [2.75, 3.05) is 4.90 Å². The zero-order valence-corrected chi connectivity index (χ0v) is 26.6. The van der Waals surface area contributed by atoms with E-state index in [2.05, 4.69) is 144 Å². The normalized spacial score (nSPS) is 18.7. The molecule has 5 aromatic rings. The molecule has 0 fully saturated rings. The summed E-state index contributed by atoms with van der Waals surface area (Å²) in [6.07, 6.45) is 2.32. The van der Waals surface area contributed by atoms with E-state index in [1.165, 1.54) is 67.6 Å². The topological polar surface area (TPSA) is 12.5 Å². The van der Waals surface area contributed by atoms with Gasteiger partial charge in [0.15, 0.2) is 11.5 Å². The summed E-state index contributed by atoms with van der Waals surface area (Å²) in [6, 6.07) is 36.4. The smallest absolute Gasteiger partial charge is 0.247 e. The van der Waals surface area contributed by atoms with E-state index in [1.54, 1.807) is 0 Å². The zero-order chi connectivity index (χ0) is 30.2. The van der Waals surface area contributed by atoms with Gasteiger partial charge < -0.3 is 9.64 Å². The molecule has 3 aliphatic heterocycles. The largest absolute Gasteiger partial charge is 0.453 e. The highest BCUT2D eigenvalue weighted by Gasteiger charge is 2.49. The minimum Gasteiger partial charge on any atom is -0.453 e. The molecule has 9 rings (SSSR count). The Morgan fingerprint density at radius 2 is 1.34 bits per heavy atom. The van der Waals surface area contributed by atoms with Crippen molar-refractivity contribution in [3.05, 3.63) is 119 Å². The second-order valence-corrected chi connectivity index (χ2v) is 15.2. The Labute approximate surface area is 261 Å². The Morgan fingerprint density at radius 3 is 2.16 bits per heavy atom. The summed E-state index contributed by atoms with van der Waals surface area (Å²) in [4.78, 5) is 2.56. The average Bonchev–Trinajstić information content (AvgIpc) is 3.02. The third kappa shape index (κ3) is 3.28. The molecule has 0 bridgehead atoms. The predicted molar refractivity (Wildman–Crippen MR) is 185 cm³/mol. The molecule has 0 aromatic heterocycles. The number of para-hydroxylation sites is 1. The van der Waals surface area contributed by atoms with Crippen LogP contribution in [0.4, 0.5) is 17.1 Å². The van der Waals surface area contributed by atoms with Crippen LogP contribution in [0.3, 0.4) is 0 Å². The van der Waals surface area contributed by atoms with Gasteiger partial charge in [0.1, 0.15) is 0 Å². The molecule has 0 amide bonds. The number of fused-ring (bicyclic) bond motifs is 8. The summed E-state index contributed by atoms with van der Waals surface area (Å²) < 4.78 is 7.11. The van der Waals surface area contributed by atoms with Gasteiger partial charge in [-0.1, -0.05) is 126 Å². The number of anilines is 3. The second kappa shape index (κ2) is 8.48. The van der Waals surface area contributed by atoms with E-state index in [0.717, 1.165) is 23.6 Å². The molecule has 5 aromatic carbocycles. The fourth-order valence-corrected chi connectivity index (χ4v) is 8.93. The Bertz CT molecular complexity index is 2040. The van der Waals surface area contributed by atoms with E-state index < -0.39 is 0 Å². The van der Waals surface area contributed by atoms with Crippen molar-refractivity contribution in [2.45, 2.75) is 70.6 Å². The predicted octanol–water partition coefficient (Wildman–Crippen LogP) is 8.75. The summed E-state index contributed by atoms with van der Waals surface area (Å²) in [5.41, 5.74) is 15.9. The van der Waals surface area contributed by atoms with Crippen LogP contribution >= 0.6 is 0 Å². The van der Waals surface area contributed by atoms with Gasteiger partial charge in [-0.2, -0.15) is 0 Å². The van der Waals surface area contributed by atoms with Gasteiger partial charge in [0.05, 0.1) is 11.4 Å². The first-order valence-corrected chi connectivity index (χ1v) is 16.2. The molecule has 44 heavy (non-hydrogen) atoms. The number of benzene rings is 5. The van der Waals surface area contributed by atoms with Gasteiger partial charge in [-0.05, 0) is 80.6 Å². The Balaban J connectivity index is 1.41. The van der Waals surface area contributed by atoms with Crippen LogP contribution in [0, 0.1) is 0 Å². The van der Waals surface area contributed by atoms with Crippen molar-refractivity contribution in [1.82, 2.24) is 0 Å². The fourth-order valence-electron chi connectivity index (χ4n) is 8.93. The van der Waals surface area contributed by atoms with Gasteiger partial charge in [-0.15, -0.1) is 0 Å². The van der Waals surface area contributed by atoms with Crippen LogP contribution in [0.25, 0.3) is 11.1 Å². The van der Waals surface area contributed by atoms with Gasteiger partial charge >= 0.3 is 0 Å². The second-order valence-electron chi connectivity index (χ2n) is 15.2. The lowest BCUT2D eigenvalue weighted by molar-refractivity contribution is 0.319. The summed E-state index contributed by atoms with van der Waals surface area (Å²) in [7, 11) is 0. The summed E-state index contributed by atoms with van der Waals surface area (Å²) >= 11 is 0. The third-order valence-electron chi connectivity index (χ3n) is 11.3. The Kier molecular flexibility index (Phi) is 5.05. The minimum absolute atomic E-state index is 0.0237. The zero-order valence-electron chi connectivity index (χ0n) is 26.6. The highest BCUT2D eigenvalue weighted by molar-refractivity contribution is 6.99. The third-order valence-corrected chi connectivity index (χ3v) is 11.3. The van der Waals surface area contributed by atoms with Crippen LogP contribution in [0.5, 0.6) is 11.5 Å². The standard InChI is InChI=1S/C41H38BNO/c1-39(2)21-22-40(3,4)35-28(39)19-20-32-38(35)44-34-18-12-17-31-37(34)43(32)33-24-26(25-13-8-7-9-14-25)23-29-36(33)42(31)30-16-11-10-15-27(30)41(29,5)6/h7-20,23-24H,21-22H2,1-6H3. The van der Waals surface area contributed by atoms with Crippen molar-refractivity contribution < 1.29 is 4.74 Å². The molecule has 3 heterocycles. The van der Waals surface area contributed by atoms with Crippen LogP contribution in [-0.4, -0.2) is 6.71 Å². The average molecular weight is 572 g/mol. The van der Waals surface area contributed by atoms with Gasteiger partial charge in [-0.3, -0.25) is 0 Å². The summed E-state index contributed by atoms with van der Waals surface area (Å²) in [5.74, 6) is 2.00. The van der Waals surface area contributed by atoms with Crippen LogP contribution in [0.15, 0.2) is 97.1 Å². The van der Waals surface area contributed by atoms with Crippen molar-refractivity contribution in [2.24, 2.45) is 0 Å². The lowest BCUT2D eigenvalue weighted by Crippen LogP contribution is -2.64. The molecule has 0 saturated carbocycles. The maximum atomic E-state index is 7.11. The van der Waals surface area contributed by atoms with Crippen molar-refractivity contribution in [3.63, 3.8) is 0 Å². The number of nitrogens with zero attached hydrogens (tertiary/aromatic N) is 1. The maximum Gasteiger partial charge on any atom is 0.247 e. The van der Waals surface area contributed by atoms with Crippen LogP contribution in [-0.2, 0) is 16.2 Å². The number of hydrogen-bond acceptors (Lipinski definition) is 2. The van der Waals surface area contributed by atoms with Crippen molar-refractivity contribution in [3.8, 4) is 22.6 Å². The molecule has 0 atom stereocenters. The molecule has 0 N–H and O–H groups in total. The molecule has 1 aliphatic carbocycles. The molecule has 2 nitrogen and oxygen atoms in total. The van der Waals surface area contributed by atoms with Crippen molar-refractivity contribution >= 4 is 40.2 Å². The molecule has 0 radical (unpaired) electrons. The first-order valence-electron chi connectivity index (χ1n) is 16.2. The molecule has 4 aliphatic rings. The molecule has 0 spiro atoms. The SMILES string of the molecule is CC1(C)CCC(C)(C)c2c1ccc1c2Oc2cccc3c2N1c1cc(-c2ccccc2)cc2c1B3c1ccccc1C2(C)C. The van der Waals surface area contributed by atoms with Gasteiger partial charge in [0.25, 0.3) is 0 Å². The monoisotopic (exact) mass is 571 g/mol. The molecular weight excluding hydrogens is 533 g/mol. The highest BCUT2D eigenvalue weighted by Crippen LogP contribution is 2.59.